The Hall–Kier alpha value is -4.17. The lowest BCUT2D eigenvalue weighted by Gasteiger charge is -2.12. The zero-order chi connectivity index (χ0) is 24.5. The molecule has 0 saturated heterocycles. The Morgan fingerprint density at radius 1 is 1.06 bits per heavy atom. The maximum Gasteiger partial charge on any atom is 0.339 e. The Balaban J connectivity index is 1.19. The van der Waals surface area contributed by atoms with E-state index in [1.165, 1.54) is 0 Å². The predicted octanol–water partition coefficient (Wildman–Crippen LogP) is 4.99. The van der Waals surface area contributed by atoms with Gasteiger partial charge in [-0.05, 0) is 65.3 Å². The van der Waals surface area contributed by atoms with Gasteiger partial charge in [0.2, 0.25) is 6.79 Å². The summed E-state index contributed by atoms with van der Waals surface area (Å²) in [5.41, 5.74) is 4.91. The van der Waals surface area contributed by atoms with Crippen LogP contribution in [0.15, 0.2) is 60.0 Å². The van der Waals surface area contributed by atoms with Crippen LogP contribution in [0.4, 0.5) is 0 Å². The molecular weight excluding hydrogens is 476 g/mol. The number of carbonyl (C=O) groups is 2. The first kappa shape index (κ1) is 22.3. The Bertz CT molecular complexity index is 1510. The lowest BCUT2D eigenvalue weighted by molar-refractivity contribution is -0.124. The topological polar surface area (TPSA) is 86.8 Å². The molecule has 2 aromatic carbocycles. The smallest absolute Gasteiger partial charge is 0.339 e. The number of fused-ring (bicyclic) bond motifs is 3. The maximum atomic E-state index is 13.3. The third kappa shape index (κ3) is 4.31. The molecule has 1 aliphatic heterocycles. The van der Waals surface area contributed by atoms with Crippen LogP contribution in [0, 0.1) is 0 Å². The van der Waals surface area contributed by atoms with Crippen molar-refractivity contribution in [3.8, 4) is 11.5 Å². The first-order valence-electron chi connectivity index (χ1n) is 11.6. The van der Waals surface area contributed by atoms with Crippen molar-refractivity contribution in [3.63, 3.8) is 0 Å². The standard InChI is InChI=1S/C28H22N2O5S/c31-25(29-14-17-7-10-23-24(12-17)35-16-34-23)15-33-28(32)26-20-5-1-2-6-22(20)30-27-18(8-9-21(26)27)13-19-4-3-11-36-19/h1-7,10-13H,8-9,14-16H2,(H,29,31)/b18-13+. The van der Waals surface area contributed by atoms with E-state index >= 15 is 0 Å². The van der Waals surface area contributed by atoms with Gasteiger partial charge in [0.25, 0.3) is 5.91 Å². The quantitative estimate of drug-likeness (QED) is 0.377. The highest BCUT2D eigenvalue weighted by molar-refractivity contribution is 7.10. The van der Waals surface area contributed by atoms with Crippen LogP contribution in [-0.4, -0.2) is 30.3 Å². The van der Waals surface area contributed by atoms with Gasteiger partial charge in [-0.1, -0.05) is 30.3 Å². The number of para-hydroxylation sites is 1. The zero-order valence-corrected chi connectivity index (χ0v) is 20.1. The molecule has 0 fully saturated rings. The molecule has 4 aromatic rings. The summed E-state index contributed by atoms with van der Waals surface area (Å²) in [6, 6.07) is 17.1. The van der Waals surface area contributed by atoms with Crippen molar-refractivity contribution in [2.75, 3.05) is 13.4 Å². The molecule has 36 heavy (non-hydrogen) atoms. The fourth-order valence-corrected chi connectivity index (χ4v) is 5.24. The second-order valence-electron chi connectivity index (χ2n) is 8.56. The Morgan fingerprint density at radius 2 is 1.94 bits per heavy atom. The van der Waals surface area contributed by atoms with Gasteiger partial charge in [-0.3, -0.25) is 4.79 Å². The van der Waals surface area contributed by atoms with Crippen LogP contribution >= 0.6 is 11.3 Å². The summed E-state index contributed by atoms with van der Waals surface area (Å²) in [5.74, 6) is 0.443. The van der Waals surface area contributed by atoms with Crippen molar-refractivity contribution >= 4 is 45.8 Å². The van der Waals surface area contributed by atoms with Crippen LogP contribution in [0.2, 0.25) is 0 Å². The largest absolute Gasteiger partial charge is 0.454 e. The molecule has 0 bridgehead atoms. The summed E-state index contributed by atoms with van der Waals surface area (Å²) in [5, 5.41) is 5.56. The van der Waals surface area contributed by atoms with Crippen LogP contribution in [0.3, 0.4) is 0 Å². The van der Waals surface area contributed by atoms with E-state index in [1.54, 1.807) is 17.4 Å². The molecule has 0 atom stereocenters. The van der Waals surface area contributed by atoms with E-state index in [9.17, 15) is 9.59 Å². The Labute approximate surface area is 211 Å². The lowest BCUT2D eigenvalue weighted by Crippen LogP contribution is -2.28. The van der Waals surface area contributed by atoms with E-state index in [1.807, 2.05) is 47.8 Å². The van der Waals surface area contributed by atoms with E-state index in [-0.39, 0.29) is 25.9 Å². The van der Waals surface area contributed by atoms with Gasteiger partial charge in [0.1, 0.15) is 0 Å². The first-order valence-corrected chi connectivity index (χ1v) is 12.5. The number of hydrogen-bond acceptors (Lipinski definition) is 7. The summed E-state index contributed by atoms with van der Waals surface area (Å²) in [6.45, 7) is 0.115. The molecule has 8 heteroatoms. The molecule has 180 valence electrons. The predicted molar refractivity (Wildman–Crippen MR) is 137 cm³/mol. The number of nitrogens with zero attached hydrogens (tertiary/aromatic N) is 1. The summed E-state index contributed by atoms with van der Waals surface area (Å²) >= 11 is 1.67. The second-order valence-corrected chi connectivity index (χ2v) is 9.54. The van der Waals surface area contributed by atoms with E-state index in [2.05, 4.69) is 17.5 Å². The molecule has 6 rings (SSSR count). The van der Waals surface area contributed by atoms with Crippen LogP contribution in [0.5, 0.6) is 11.5 Å². The third-order valence-electron chi connectivity index (χ3n) is 6.27. The minimum Gasteiger partial charge on any atom is -0.454 e. The fourth-order valence-electron chi connectivity index (χ4n) is 4.56. The van der Waals surface area contributed by atoms with Gasteiger partial charge in [-0.15, -0.1) is 11.3 Å². The number of esters is 1. The van der Waals surface area contributed by atoms with Gasteiger partial charge in [0, 0.05) is 16.8 Å². The van der Waals surface area contributed by atoms with Gasteiger partial charge in [0.15, 0.2) is 18.1 Å². The van der Waals surface area contributed by atoms with Crippen molar-refractivity contribution in [1.82, 2.24) is 10.3 Å². The summed E-state index contributed by atoms with van der Waals surface area (Å²) in [7, 11) is 0. The Morgan fingerprint density at radius 3 is 2.83 bits per heavy atom. The summed E-state index contributed by atoms with van der Waals surface area (Å²) in [6.07, 6.45) is 3.63. The number of allylic oxidation sites excluding steroid dienone is 1. The number of aromatic nitrogens is 1. The van der Waals surface area contributed by atoms with Crippen molar-refractivity contribution in [1.29, 1.82) is 0 Å². The average Bonchev–Trinajstić information content (AvgIpc) is 3.66. The highest BCUT2D eigenvalue weighted by Gasteiger charge is 2.28. The number of amides is 1. The molecule has 1 amide bonds. The van der Waals surface area contributed by atoms with Gasteiger partial charge in [-0.2, -0.15) is 0 Å². The monoisotopic (exact) mass is 498 g/mol. The number of nitrogens with one attached hydrogen (secondary N) is 1. The first-order chi connectivity index (χ1) is 17.7. The number of pyridine rings is 1. The van der Waals surface area contributed by atoms with Crippen molar-refractivity contribution in [3.05, 3.63) is 87.2 Å². The SMILES string of the molecule is O=C(COC(=O)c1c2c(nc3ccccc13)/C(=C/c1cccs1)CC2)NCc1ccc2c(c1)OCO2. The molecule has 7 nitrogen and oxygen atoms in total. The maximum absolute atomic E-state index is 13.3. The van der Waals surface area contributed by atoms with Gasteiger partial charge in [-0.25, -0.2) is 9.78 Å². The number of hydrogen-bond donors (Lipinski definition) is 1. The number of thiophene rings is 1. The Kier molecular flexibility index (Phi) is 5.87. The normalized spacial score (nSPS) is 14.7. The summed E-state index contributed by atoms with van der Waals surface area (Å²) < 4.78 is 16.2. The molecule has 0 radical (unpaired) electrons. The molecule has 0 unspecified atom stereocenters. The number of rotatable bonds is 6. The number of benzene rings is 2. The third-order valence-corrected chi connectivity index (χ3v) is 7.09. The van der Waals surface area contributed by atoms with Crippen LogP contribution < -0.4 is 14.8 Å². The van der Waals surface area contributed by atoms with E-state index in [4.69, 9.17) is 19.2 Å². The minimum atomic E-state index is -0.513. The van der Waals surface area contributed by atoms with Crippen molar-refractivity contribution < 1.29 is 23.8 Å². The van der Waals surface area contributed by atoms with Gasteiger partial charge < -0.3 is 19.5 Å². The minimum absolute atomic E-state index is 0.194. The number of carbonyl (C=O) groups excluding carboxylic acids is 2. The van der Waals surface area contributed by atoms with Crippen molar-refractivity contribution in [2.45, 2.75) is 19.4 Å². The molecular formula is C28H22N2O5S. The second kappa shape index (κ2) is 9.47. The van der Waals surface area contributed by atoms with Crippen LogP contribution in [0.1, 0.15) is 38.5 Å². The highest BCUT2D eigenvalue weighted by Crippen LogP contribution is 2.38. The van der Waals surface area contributed by atoms with Crippen LogP contribution in [-0.2, 0) is 22.5 Å². The lowest BCUT2D eigenvalue weighted by atomic mass is 10.0. The molecule has 3 heterocycles. The van der Waals surface area contributed by atoms with Crippen molar-refractivity contribution in [2.24, 2.45) is 0 Å². The summed E-state index contributed by atoms with van der Waals surface area (Å²) in [4.78, 5) is 31.7. The van der Waals surface area contributed by atoms with E-state index < -0.39 is 5.97 Å². The number of ether oxygens (including phenoxy) is 3. The molecule has 0 saturated carbocycles. The van der Waals surface area contributed by atoms with Gasteiger partial charge in [0.05, 0.1) is 16.8 Å². The molecule has 1 aliphatic carbocycles. The average molecular weight is 499 g/mol. The van der Waals surface area contributed by atoms with E-state index in [0.717, 1.165) is 44.6 Å². The van der Waals surface area contributed by atoms with Crippen LogP contribution in [0.25, 0.3) is 22.6 Å². The zero-order valence-electron chi connectivity index (χ0n) is 19.3. The van der Waals surface area contributed by atoms with Gasteiger partial charge >= 0.3 is 5.97 Å². The molecule has 1 N–H and O–H groups in total. The highest BCUT2D eigenvalue weighted by atomic mass is 32.1. The fraction of sp³-hybridized carbons (Fsp3) is 0.179. The molecule has 0 spiro atoms. The molecule has 2 aromatic heterocycles. The van der Waals surface area contributed by atoms with E-state index in [0.29, 0.717) is 23.5 Å². The molecule has 2 aliphatic rings.